The molecule has 19 heavy (non-hydrogen) atoms. The van der Waals surface area contributed by atoms with Gasteiger partial charge in [0.15, 0.2) is 0 Å². The zero-order valence-electron chi connectivity index (χ0n) is 10.1. The van der Waals surface area contributed by atoms with Crippen LogP contribution >= 0.6 is 0 Å². The lowest BCUT2D eigenvalue weighted by atomic mass is 10.1. The topological polar surface area (TPSA) is 45.0 Å². The fourth-order valence-electron chi connectivity index (χ4n) is 2.05. The third-order valence-electron chi connectivity index (χ3n) is 3.03. The average molecular weight is 270 g/mol. The van der Waals surface area contributed by atoms with Crippen molar-refractivity contribution in [2.45, 2.75) is 25.1 Å². The van der Waals surface area contributed by atoms with Crippen LogP contribution in [0.3, 0.4) is 0 Å². The summed E-state index contributed by atoms with van der Waals surface area (Å²) in [7, 11) is 0. The van der Waals surface area contributed by atoms with Crippen LogP contribution in [-0.2, 0) is 6.18 Å². The highest BCUT2D eigenvalue weighted by Crippen LogP contribution is 2.33. The van der Waals surface area contributed by atoms with Crippen LogP contribution in [0.25, 0.3) is 0 Å². The molecule has 0 aromatic heterocycles. The van der Waals surface area contributed by atoms with Crippen LogP contribution in [0.2, 0.25) is 0 Å². The van der Waals surface area contributed by atoms with E-state index in [2.05, 4.69) is 5.32 Å². The van der Waals surface area contributed by atoms with E-state index >= 15 is 0 Å². The Morgan fingerprint density at radius 1 is 1.42 bits per heavy atom. The monoisotopic (exact) mass is 270 g/mol. The van der Waals surface area contributed by atoms with Gasteiger partial charge in [0.2, 0.25) is 0 Å². The predicted octanol–water partition coefficient (Wildman–Crippen LogP) is 2.71. The van der Waals surface area contributed by atoms with Crippen LogP contribution in [0, 0.1) is 11.3 Å². The summed E-state index contributed by atoms with van der Waals surface area (Å²) in [5, 5.41) is 12.0. The zero-order chi connectivity index (χ0) is 13.9. The lowest BCUT2D eigenvalue weighted by Crippen LogP contribution is -2.28. The number of nitrogens with one attached hydrogen (secondary N) is 1. The van der Waals surface area contributed by atoms with Gasteiger partial charge in [-0.2, -0.15) is 18.4 Å². The maximum atomic E-state index is 12.6. The Labute approximate surface area is 109 Å². The first-order valence-corrected chi connectivity index (χ1v) is 5.98. The van der Waals surface area contributed by atoms with Crippen molar-refractivity contribution >= 4 is 0 Å². The maximum absolute atomic E-state index is 12.6. The smallest absolute Gasteiger partial charge is 0.417 e. The summed E-state index contributed by atoms with van der Waals surface area (Å²) in [6.45, 7) is 1.33. The molecule has 1 aromatic rings. The van der Waals surface area contributed by atoms with E-state index in [-0.39, 0.29) is 6.04 Å². The molecule has 1 N–H and O–H groups in total. The Morgan fingerprint density at radius 2 is 2.21 bits per heavy atom. The van der Waals surface area contributed by atoms with Gasteiger partial charge < -0.3 is 10.1 Å². The maximum Gasteiger partial charge on any atom is 0.417 e. The molecule has 0 bridgehead atoms. The molecule has 0 amide bonds. The molecule has 1 saturated heterocycles. The summed E-state index contributed by atoms with van der Waals surface area (Å²) in [4.78, 5) is 0. The number of halogens is 3. The lowest BCUT2D eigenvalue weighted by Gasteiger charge is -2.14. The van der Waals surface area contributed by atoms with Gasteiger partial charge in [0.05, 0.1) is 17.2 Å². The van der Waals surface area contributed by atoms with Gasteiger partial charge in [0.25, 0.3) is 0 Å². The molecule has 0 spiro atoms. The third kappa shape index (κ3) is 3.38. The minimum Gasteiger partial charge on any atom is -0.492 e. The standard InChI is InChI=1S/C13H13F3N2O/c14-13(15,16)12-4-3-11(6-9(12)7-17)19-8-10-2-1-5-18-10/h3-4,6,10,18H,1-2,5,8H2. The van der Waals surface area contributed by atoms with Gasteiger partial charge in [0, 0.05) is 6.04 Å². The fraction of sp³-hybridized carbons (Fsp3) is 0.462. The van der Waals surface area contributed by atoms with Crippen LogP contribution in [0.1, 0.15) is 24.0 Å². The molecule has 1 unspecified atom stereocenters. The quantitative estimate of drug-likeness (QED) is 0.918. The van der Waals surface area contributed by atoms with Gasteiger partial charge in [-0.25, -0.2) is 0 Å². The van der Waals surface area contributed by atoms with E-state index in [1.165, 1.54) is 6.07 Å². The lowest BCUT2D eigenvalue weighted by molar-refractivity contribution is -0.137. The summed E-state index contributed by atoms with van der Waals surface area (Å²) < 4.78 is 43.2. The second-order valence-electron chi connectivity index (χ2n) is 4.42. The van der Waals surface area contributed by atoms with E-state index in [0.717, 1.165) is 31.5 Å². The molecule has 1 fully saturated rings. The Kier molecular flexibility index (Phi) is 3.96. The molecule has 1 aromatic carbocycles. The van der Waals surface area contributed by atoms with Crippen molar-refractivity contribution in [1.29, 1.82) is 5.26 Å². The number of benzene rings is 1. The number of hydrogen-bond acceptors (Lipinski definition) is 3. The van der Waals surface area contributed by atoms with Crippen molar-refractivity contribution in [3.8, 4) is 11.8 Å². The summed E-state index contributed by atoms with van der Waals surface area (Å²) in [6, 6.07) is 5.05. The number of nitriles is 1. The average Bonchev–Trinajstić information content (AvgIpc) is 2.88. The molecule has 6 heteroatoms. The molecule has 1 aliphatic heterocycles. The van der Waals surface area contributed by atoms with Crippen molar-refractivity contribution in [2.24, 2.45) is 0 Å². The second-order valence-corrected chi connectivity index (χ2v) is 4.42. The Bertz CT molecular complexity index is 488. The molecule has 1 atom stereocenters. The first-order valence-electron chi connectivity index (χ1n) is 5.98. The largest absolute Gasteiger partial charge is 0.492 e. The first kappa shape index (κ1) is 13.7. The van der Waals surface area contributed by atoms with Gasteiger partial charge in [-0.05, 0) is 37.6 Å². The molecule has 0 saturated carbocycles. The van der Waals surface area contributed by atoms with Crippen LogP contribution in [0.15, 0.2) is 18.2 Å². The van der Waals surface area contributed by atoms with Crippen molar-refractivity contribution < 1.29 is 17.9 Å². The van der Waals surface area contributed by atoms with Crippen LogP contribution in [0.5, 0.6) is 5.75 Å². The molecule has 2 rings (SSSR count). The Balaban J connectivity index is 2.08. The van der Waals surface area contributed by atoms with Crippen molar-refractivity contribution in [3.05, 3.63) is 29.3 Å². The van der Waals surface area contributed by atoms with Crippen molar-refractivity contribution in [2.75, 3.05) is 13.2 Å². The van der Waals surface area contributed by atoms with Crippen LogP contribution < -0.4 is 10.1 Å². The molecule has 0 aliphatic carbocycles. The van der Waals surface area contributed by atoms with Gasteiger partial charge in [0.1, 0.15) is 12.4 Å². The van der Waals surface area contributed by atoms with E-state index in [0.29, 0.717) is 12.4 Å². The molecule has 1 aliphatic rings. The molecule has 0 radical (unpaired) electrons. The number of nitrogens with zero attached hydrogens (tertiary/aromatic N) is 1. The van der Waals surface area contributed by atoms with Gasteiger partial charge in [-0.3, -0.25) is 0 Å². The minimum absolute atomic E-state index is 0.229. The van der Waals surface area contributed by atoms with E-state index in [1.54, 1.807) is 6.07 Å². The van der Waals surface area contributed by atoms with Gasteiger partial charge in [-0.1, -0.05) is 0 Å². The molecule has 1 heterocycles. The highest BCUT2D eigenvalue weighted by atomic mass is 19.4. The molecular weight excluding hydrogens is 257 g/mol. The molecular formula is C13H13F3N2O. The van der Waals surface area contributed by atoms with E-state index in [9.17, 15) is 13.2 Å². The third-order valence-corrected chi connectivity index (χ3v) is 3.03. The SMILES string of the molecule is N#Cc1cc(OCC2CCCN2)ccc1C(F)(F)F. The fourth-order valence-corrected chi connectivity index (χ4v) is 2.05. The van der Waals surface area contributed by atoms with E-state index < -0.39 is 17.3 Å². The normalized spacial score (nSPS) is 19.2. The second kappa shape index (κ2) is 5.49. The Morgan fingerprint density at radius 3 is 2.79 bits per heavy atom. The number of hydrogen-bond donors (Lipinski definition) is 1. The van der Waals surface area contributed by atoms with Crippen molar-refractivity contribution in [1.82, 2.24) is 5.32 Å². The Hall–Kier alpha value is -1.74. The molecule has 102 valence electrons. The van der Waals surface area contributed by atoms with Crippen molar-refractivity contribution in [3.63, 3.8) is 0 Å². The highest BCUT2D eigenvalue weighted by molar-refractivity contribution is 5.44. The van der Waals surface area contributed by atoms with E-state index in [1.807, 2.05) is 0 Å². The number of alkyl halides is 3. The number of ether oxygens (including phenoxy) is 1. The van der Waals surface area contributed by atoms with Gasteiger partial charge >= 0.3 is 6.18 Å². The van der Waals surface area contributed by atoms with Gasteiger partial charge in [-0.15, -0.1) is 0 Å². The highest BCUT2D eigenvalue weighted by Gasteiger charge is 2.33. The summed E-state index contributed by atoms with van der Waals surface area (Å²) >= 11 is 0. The first-order chi connectivity index (χ1) is 9.00. The van der Waals surface area contributed by atoms with E-state index in [4.69, 9.17) is 10.00 Å². The summed E-state index contributed by atoms with van der Waals surface area (Å²) in [5.41, 5.74) is -1.34. The summed E-state index contributed by atoms with van der Waals surface area (Å²) in [5.74, 6) is 0.290. The van der Waals surface area contributed by atoms with Crippen LogP contribution in [-0.4, -0.2) is 19.2 Å². The number of rotatable bonds is 3. The minimum atomic E-state index is -4.52. The zero-order valence-corrected chi connectivity index (χ0v) is 10.1. The summed E-state index contributed by atoms with van der Waals surface area (Å²) in [6.07, 6.45) is -2.45. The molecule has 3 nitrogen and oxygen atoms in total. The van der Waals surface area contributed by atoms with Crippen LogP contribution in [0.4, 0.5) is 13.2 Å². The predicted molar refractivity (Wildman–Crippen MR) is 62.7 cm³/mol.